The summed E-state index contributed by atoms with van der Waals surface area (Å²) in [6, 6.07) is 20.3. The Kier molecular flexibility index (Phi) is 7.39. The molecule has 0 aliphatic rings. The molecule has 0 saturated carbocycles. The summed E-state index contributed by atoms with van der Waals surface area (Å²) in [7, 11) is 0. The van der Waals surface area contributed by atoms with Crippen molar-refractivity contribution in [2.24, 2.45) is 0 Å². The molecule has 0 fully saturated rings. The first-order chi connectivity index (χ1) is 16.7. The van der Waals surface area contributed by atoms with Gasteiger partial charge in [-0.05, 0) is 73.7 Å². The molecule has 0 unspecified atom stereocenters. The molecular weight excluding hydrogens is 454 g/mol. The van der Waals surface area contributed by atoms with E-state index in [0.717, 1.165) is 21.8 Å². The van der Waals surface area contributed by atoms with E-state index in [1.54, 1.807) is 11.3 Å². The van der Waals surface area contributed by atoms with Gasteiger partial charge < -0.3 is 9.84 Å². The highest BCUT2D eigenvalue weighted by Gasteiger charge is 2.21. The molecule has 0 atom stereocenters. The number of nitrogens with zero attached hydrogens (tertiary/aromatic N) is 1. The number of hydrogen-bond donors (Lipinski definition) is 1. The van der Waals surface area contributed by atoms with Gasteiger partial charge in [0, 0.05) is 22.4 Å². The fourth-order valence-corrected chi connectivity index (χ4v) is 5.29. The molecule has 182 valence electrons. The lowest BCUT2D eigenvalue weighted by Crippen LogP contribution is -2.32. The van der Waals surface area contributed by atoms with E-state index in [4.69, 9.17) is 9.72 Å². The molecule has 0 amide bonds. The SMILES string of the molecule is Cc1cc(C(=O)CCc2sc(-c3ccc4ccccc4c3)nc2C(C)C)ccc1OC(C)(C)CO. The molecule has 0 bridgehead atoms. The lowest BCUT2D eigenvalue weighted by molar-refractivity contribution is 0.0406. The standard InChI is InChI=1S/C30H33NO3S/c1-19(2)28-27(35-29(31-28)24-11-10-21-8-6-7-9-22(21)17-24)15-13-25(33)23-12-14-26(20(3)16-23)34-30(4,5)18-32/h6-12,14,16-17,19,32H,13,15,18H2,1-5H3. The van der Waals surface area contributed by atoms with Gasteiger partial charge in [-0.2, -0.15) is 0 Å². The van der Waals surface area contributed by atoms with Crippen LogP contribution in [-0.2, 0) is 6.42 Å². The first-order valence-electron chi connectivity index (χ1n) is 12.1. The van der Waals surface area contributed by atoms with Crippen molar-refractivity contribution < 1.29 is 14.6 Å². The van der Waals surface area contributed by atoms with Crippen LogP contribution in [0, 0.1) is 6.92 Å². The zero-order chi connectivity index (χ0) is 25.2. The average Bonchev–Trinajstić information content (AvgIpc) is 3.28. The second-order valence-electron chi connectivity index (χ2n) is 9.97. The molecule has 35 heavy (non-hydrogen) atoms. The van der Waals surface area contributed by atoms with Gasteiger partial charge in [-0.25, -0.2) is 4.98 Å². The van der Waals surface area contributed by atoms with Crippen molar-refractivity contribution in [1.29, 1.82) is 0 Å². The van der Waals surface area contributed by atoms with Gasteiger partial charge in [0.05, 0.1) is 12.3 Å². The Hall–Kier alpha value is -3.02. The quantitative estimate of drug-likeness (QED) is 0.251. The number of hydrogen-bond acceptors (Lipinski definition) is 5. The number of ether oxygens (including phenoxy) is 1. The van der Waals surface area contributed by atoms with Gasteiger partial charge >= 0.3 is 0 Å². The molecule has 0 aliphatic carbocycles. The second kappa shape index (κ2) is 10.3. The van der Waals surface area contributed by atoms with Crippen LogP contribution in [0.3, 0.4) is 0 Å². The van der Waals surface area contributed by atoms with Crippen LogP contribution in [0.25, 0.3) is 21.3 Å². The molecule has 4 nitrogen and oxygen atoms in total. The van der Waals surface area contributed by atoms with Gasteiger partial charge in [0.15, 0.2) is 5.78 Å². The van der Waals surface area contributed by atoms with Crippen molar-refractivity contribution in [2.45, 2.75) is 59.0 Å². The zero-order valence-corrected chi connectivity index (χ0v) is 21.9. The van der Waals surface area contributed by atoms with E-state index >= 15 is 0 Å². The average molecular weight is 488 g/mol. The molecule has 0 spiro atoms. The molecule has 1 N–H and O–H groups in total. The van der Waals surface area contributed by atoms with Crippen molar-refractivity contribution in [3.63, 3.8) is 0 Å². The molecule has 0 aliphatic heterocycles. The van der Waals surface area contributed by atoms with Gasteiger partial charge in [-0.15, -0.1) is 11.3 Å². The number of fused-ring (bicyclic) bond motifs is 1. The number of aromatic nitrogens is 1. The maximum atomic E-state index is 13.0. The summed E-state index contributed by atoms with van der Waals surface area (Å²) in [6.07, 6.45) is 1.10. The fraction of sp³-hybridized carbons (Fsp3) is 0.333. The fourth-order valence-electron chi connectivity index (χ4n) is 4.08. The van der Waals surface area contributed by atoms with Crippen LogP contribution in [0.4, 0.5) is 0 Å². The minimum atomic E-state index is -0.668. The summed E-state index contributed by atoms with van der Waals surface area (Å²) in [5, 5.41) is 12.9. The third kappa shape index (κ3) is 5.80. The van der Waals surface area contributed by atoms with Crippen LogP contribution in [0.2, 0.25) is 0 Å². The molecule has 4 aromatic rings. The minimum absolute atomic E-state index is 0.0820. The summed E-state index contributed by atoms with van der Waals surface area (Å²) in [5.74, 6) is 1.08. The Morgan fingerprint density at radius 2 is 1.80 bits per heavy atom. The minimum Gasteiger partial charge on any atom is -0.485 e. The number of aryl methyl sites for hydroxylation is 2. The Morgan fingerprint density at radius 1 is 1.06 bits per heavy atom. The molecule has 5 heteroatoms. The molecule has 4 rings (SSSR count). The number of ketones is 1. The van der Waals surface area contributed by atoms with Crippen molar-refractivity contribution in [2.75, 3.05) is 6.61 Å². The maximum Gasteiger partial charge on any atom is 0.163 e. The monoisotopic (exact) mass is 487 g/mol. The topological polar surface area (TPSA) is 59.4 Å². The normalized spacial score (nSPS) is 11.9. The smallest absolute Gasteiger partial charge is 0.163 e. The lowest BCUT2D eigenvalue weighted by atomic mass is 10.0. The van der Waals surface area contributed by atoms with Gasteiger partial charge in [-0.3, -0.25) is 4.79 Å². The predicted molar refractivity (Wildman–Crippen MR) is 145 cm³/mol. The van der Waals surface area contributed by atoms with Crippen LogP contribution in [-0.4, -0.2) is 28.1 Å². The van der Waals surface area contributed by atoms with Gasteiger partial charge in [0.1, 0.15) is 16.4 Å². The Bertz CT molecular complexity index is 1350. The lowest BCUT2D eigenvalue weighted by Gasteiger charge is -2.25. The number of carbonyl (C=O) groups excluding carboxylic acids is 1. The van der Waals surface area contributed by atoms with E-state index in [0.29, 0.717) is 30.1 Å². The third-order valence-electron chi connectivity index (χ3n) is 6.11. The van der Waals surface area contributed by atoms with Crippen molar-refractivity contribution >= 4 is 27.9 Å². The summed E-state index contributed by atoms with van der Waals surface area (Å²) >= 11 is 1.69. The number of rotatable bonds is 9. The van der Waals surface area contributed by atoms with Crippen LogP contribution in [0.5, 0.6) is 5.75 Å². The third-order valence-corrected chi connectivity index (χ3v) is 7.29. The highest BCUT2D eigenvalue weighted by atomic mass is 32.1. The van der Waals surface area contributed by atoms with Crippen molar-refractivity contribution in [3.05, 3.63) is 82.4 Å². The van der Waals surface area contributed by atoms with E-state index in [1.165, 1.54) is 15.6 Å². The van der Waals surface area contributed by atoms with Crippen LogP contribution in [0.15, 0.2) is 60.7 Å². The van der Waals surface area contributed by atoms with E-state index in [2.05, 4.69) is 56.3 Å². The number of aliphatic hydroxyl groups is 1. The largest absolute Gasteiger partial charge is 0.485 e. The van der Waals surface area contributed by atoms with Crippen LogP contribution < -0.4 is 4.74 Å². The first kappa shape index (κ1) is 25.1. The Balaban J connectivity index is 1.51. The molecule has 0 saturated heterocycles. The molecular formula is C30H33NO3S. The summed E-state index contributed by atoms with van der Waals surface area (Å²) in [5.41, 5.74) is 3.10. The number of carbonyl (C=O) groups is 1. The van der Waals surface area contributed by atoms with E-state index in [1.807, 2.05) is 39.0 Å². The number of Topliss-reactive ketones (excluding diaryl/α,β-unsaturated/α-hetero) is 1. The second-order valence-corrected chi connectivity index (χ2v) is 11.1. The molecule has 1 heterocycles. The van der Waals surface area contributed by atoms with Crippen LogP contribution >= 0.6 is 11.3 Å². The van der Waals surface area contributed by atoms with Crippen molar-refractivity contribution in [3.8, 4) is 16.3 Å². The molecule has 0 radical (unpaired) electrons. The van der Waals surface area contributed by atoms with E-state index < -0.39 is 5.60 Å². The number of aliphatic hydroxyl groups excluding tert-OH is 1. The predicted octanol–water partition coefficient (Wildman–Crippen LogP) is 7.36. The Labute approximate surface area is 211 Å². The Morgan fingerprint density at radius 3 is 2.49 bits per heavy atom. The highest BCUT2D eigenvalue weighted by molar-refractivity contribution is 7.15. The van der Waals surface area contributed by atoms with E-state index in [-0.39, 0.29) is 12.4 Å². The summed E-state index contributed by atoms with van der Waals surface area (Å²) < 4.78 is 5.89. The number of thiazole rings is 1. The van der Waals surface area contributed by atoms with Gasteiger partial charge in [-0.1, -0.05) is 50.2 Å². The maximum absolute atomic E-state index is 13.0. The summed E-state index contributed by atoms with van der Waals surface area (Å²) in [4.78, 5) is 19.2. The zero-order valence-electron chi connectivity index (χ0n) is 21.1. The van der Waals surface area contributed by atoms with E-state index in [9.17, 15) is 9.90 Å². The van der Waals surface area contributed by atoms with Crippen LogP contribution in [0.1, 0.15) is 66.5 Å². The van der Waals surface area contributed by atoms with Gasteiger partial charge in [0.25, 0.3) is 0 Å². The van der Waals surface area contributed by atoms with Gasteiger partial charge in [0.2, 0.25) is 0 Å². The highest BCUT2D eigenvalue weighted by Crippen LogP contribution is 2.34. The first-order valence-corrected chi connectivity index (χ1v) is 12.9. The molecule has 3 aromatic carbocycles. The summed E-state index contributed by atoms with van der Waals surface area (Å²) in [6.45, 7) is 9.82. The van der Waals surface area contributed by atoms with Crippen molar-refractivity contribution in [1.82, 2.24) is 4.98 Å². The molecule has 1 aromatic heterocycles. The number of benzene rings is 3.